The van der Waals surface area contributed by atoms with Crippen LogP contribution in [-0.4, -0.2) is 33.5 Å². The maximum Gasteiger partial charge on any atom is 0.161 e. The largest absolute Gasteiger partial charge is 0.493 e. The molecule has 112 valence electrons. The van der Waals surface area contributed by atoms with Gasteiger partial charge in [-0.05, 0) is 43.0 Å². The first-order valence-electron chi connectivity index (χ1n) is 7.41. The molecule has 1 aromatic carbocycles. The minimum atomic E-state index is 0.592. The Morgan fingerprint density at radius 1 is 1.25 bits per heavy atom. The van der Waals surface area contributed by atoms with Gasteiger partial charge in [-0.1, -0.05) is 13.0 Å². The number of hydrogen-bond acceptors (Lipinski definition) is 4. The molecule has 1 saturated heterocycles. The first-order chi connectivity index (χ1) is 9.83. The van der Waals surface area contributed by atoms with Crippen molar-refractivity contribution >= 4 is 0 Å². The highest BCUT2D eigenvalue weighted by Gasteiger charge is 2.15. The van der Waals surface area contributed by atoms with Crippen molar-refractivity contribution in [2.75, 3.05) is 33.5 Å². The lowest BCUT2D eigenvalue weighted by Gasteiger charge is -2.22. The predicted molar refractivity (Wildman–Crippen MR) is 79.4 cm³/mol. The maximum absolute atomic E-state index is 5.93. The molecule has 0 atom stereocenters. The normalized spacial score (nSPS) is 16.1. The van der Waals surface area contributed by atoms with E-state index in [0.29, 0.717) is 5.92 Å². The molecular weight excluding hydrogens is 254 g/mol. The van der Waals surface area contributed by atoms with E-state index in [1.54, 1.807) is 7.11 Å². The van der Waals surface area contributed by atoms with Crippen molar-refractivity contribution < 1.29 is 14.2 Å². The third-order valence-corrected chi connectivity index (χ3v) is 3.62. The average Bonchev–Trinajstić information content (AvgIpc) is 2.52. The number of methoxy groups -OCH3 is 1. The van der Waals surface area contributed by atoms with Gasteiger partial charge in [0.2, 0.25) is 0 Å². The minimum absolute atomic E-state index is 0.592. The smallest absolute Gasteiger partial charge is 0.161 e. The van der Waals surface area contributed by atoms with Crippen molar-refractivity contribution in [2.24, 2.45) is 5.92 Å². The Morgan fingerprint density at radius 2 is 2.05 bits per heavy atom. The van der Waals surface area contributed by atoms with Gasteiger partial charge in [-0.25, -0.2) is 0 Å². The fraction of sp³-hybridized carbons (Fsp3) is 0.625. The van der Waals surface area contributed by atoms with Crippen molar-refractivity contribution in [2.45, 2.75) is 26.3 Å². The summed E-state index contributed by atoms with van der Waals surface area (Å²) in [6.07, 6.45) is 2.17. The molecule has 2 rings (SSSR count). The van der Waals surface area contributed by atoms with E-state index in [4.69, 9.17) is 14.2 Å². The molecule has 0 amide bonds. The number of benzene rings is 1. The average molecular weight is 279 g/mol. The third-order valence-electron chi connectivity index (χ3n) is 3.62. The highest BCUT2D eigenvalue weighted by molar-refractivity contribution is 5.42. The van der Waals surface area contributed by atoms with Crippen LogP contribution in [-0.2, 0) is 11.3 Å². The maximum atomic E-state index is 5.93. The first kappa shape index (κ1) is 15.1. The molecule has 0 radical (unpaired) electrons. The number of rotatable bonds is 7. The van der Waals surface area contributed by atoms with Crippen molar-refractivity contribution in [1.82, 2.24) is 5.32 Å². The molecule has 20 heavy (non-hydrogen) atoms. The second kappa shape index (κ2) is 8.12. The zero-order valence-corrected chi connectivity index (χ0v) is 12.5. The molecule has 1 aromatic rings. The zero-order valence-electron chi connectivity index (χ0n) is 12.5. The molecule has 0 spiro atoms. The Morgan fingerprint density at radius 3 is 2.75 bits per heavy atom. The molecule has 0 unspecified atom stereocenters. The van der Waals surface area contributed by atoms with Gasteiger partial charge in [0.25, 0.3) is 0 Å². The van der Waals surface area contributed by atoms with Crippen molar-refractivity contribution in [3.63, 3.8) is 0 Å². The van der Waals surface area contributed by atoms with E-state index in [1.807, 2.05) is 12.1 Å². The van der Waals surface area contributed by atoms with Crippen molar-refractivity contribution in [3.05, 3.63) is 23.8 Å². The van der Waals surface area contributed by atoms with Crippen LogP contribution in [0, 0.1) is 5.92 Å². The summed E-state index contributed by atoms with van der Waals surface area (Å²) in [7, 11) is 1.69. The van der Waals surface area contributed by atoms with Crippen LogP contribution in [0.5, 0.6) is 11.5 Å². The summed E-state index contributed by atoms with van der Waals surface area (Å²) >= 11 is 0. The molecule has 1 heterocycles. The van der Waals surface area contributed by atoms with E-state index < -0.39 is 0 Å². The summed E-state index contributed by atoms with van der Waals surface area (Å²) in [5.41, 5.74) is 1.21. The van der Waals surface area contributed by atoms with E-state index >= 15 is 0 Å². The molecular formula is C16H25NO3. The van der Waals surface area contributed by atoms with E-state index in [-0.39, 0.29) is 0 Å². The molecule has 1 N–H and O–H groups in total. The van der Waals surface area contributed by atoms with Gasteiger partial charge in [0, 0.05) is 19.8 Å². The topological polar surface area (TPSA) is 39.7 Å². The summed E-state index contributed by atoms with van der Waals surface area (Å²) in [6.45, 7) is 6.37. The number of ether oxygens (including phenoxy) is 3. The summed E-state index contributed by atoms with van der Waals surface area (Å²) in [6, 6.07) is 6.14. The van der Waals surface area contributed by atoms with Crippen LogP contribution in [0.4, 0.5) is 0 Å². The lowest BCUT2D eigenvalue weighted by Crippen LogP contribution is -2.21. The second-order valence-corrected chi connectivity index (χ2v) is 5.13. The highest BCUT2D eigenvalue weighted by Crippen LogP contribution is 2.29. The lowest BCUT2D eigenvalue weighted by atomic mass is 10.0. The summed E-state index contributed by atoms with van der Waals surface area (Å²) in [5.74, 6) is 2.24. The van der Waals surface area contributed by atoms with Gasteiger partial charge in [-0.2, -0.15) is 0 Å². The Hall–Kier alpha value is -1.26. The van der Waals surface area contributed by atoms with Gasteiger partial charge in [-0.3, -0.25) is 0 Å². The molecule has 1 fully saturated rings. The molecule has 4 heteroatoms. The molecule has 0 saturated carbocycles. The predicted octanol–water partition coefficient (Wildman–Crippen LogP) is 2.61. The minimum Gasteiger partial charge on any atom is -0.493 e. The summed E-state index contributed by atoms with van der Waals surface area (Å²) < 4.78 is 16.7. The Bertz CT molecular complexity index is 403. The number of hydrogen-bond donors (Lipinski definition) is 1. The van der Waals surface area contributed by atoms with Crippen LogP contribution in [0.2, 0.25) is 0 Å². The Labute approximate surface area is 121 Å². The van der Waals surface area contributed by atoms with Crippen LogP contribution < -0.4 is 14.8 Å². The molecule has 1 aliphatic heterocycles. The Balaban J connectivity index is 1.92. The van der Waals surface area contributed by atoms with Crippen LogP contribution in [0.15, 0.2) is 18.2 Å². The van der Waals surface area contributed by atoms with Gasteiger partial charge >= 0.3 is 0 Å². The van der Waals surface area contributed by atoms with Gasteiger partial charge in [0.05, 0.1) is 13.7 Å². The van der Waals surface area contributed by atoms with E-state index in [2.05, 4.69) is 18.3 Å². The molecule has 0 aliphatic carbocycles. The van der Waals surface area contributed by atoms with Crippen molar-refractivity contribution in [1.29, 1.82) is 0 Å². The third kappa shape index (κ3) is 4.39. The van der Waals surface area contributed by atoms with E-state index in [0.717, 1.165) is 57.3 Å². The fourth-order valence-electron chi connectivity index (χ4n) is 2.33. The highest BCUT2D eigenvalue weighted by atomic mass is 16.5. The van der Waals surface area contributed by atoms with Crippen LogP contribution in [0.25, 0.3) is 0 Å². The van der Waals surface area contributed by atoms with Gasteiger partial charge < -0.3 is 19.5 Å². The van der Waals surface area contributed by atoms with Gasteiger partial charge in [0.1, 0.15) is 0 Å². The Kier molecular flexibility index (Phi) is 6.15. The molecule has 4 nitrogen and oxygen atoms in total. The SMILES string of the molecule is CCNCc1ccc(OCC2CCOCC2)c(OC)c1. The quantitative estimate of drug-likeness (QED) is 0.833. The first-order valence-corrected chi connectivity index (χ1v) is 7.41. The van der Waals surface area contributed by atoms with Crippen molar-refractivity contribution in [3.8, 4) is 11.5 Å². The molecule has 0 aromatic heterocycles. The van der Waals surface area contributed by atoms with Gasteiger partial charge in [-0.15, -0.1) is 0 Å². The number of nitrogens with one attached hydrogen (secondary N) is 1. The molecule has 1 aliphatic rings. The monoisotopic (exact) mass is 279 g/mol. The van der Waals surface area contributed by atoms with Crippen LogP contribution in [0.1, 0.15) is 25.3 Å². The van der Waals surface area contributed by atoms with Crippen LogP contribution >= 0.6 is 0 Å². The summed E-state index contributed by atoms with van der Waals surface area (Å²) in [5, 5.41) is 3.31. The summed E-state index contributed by atoms with van der Waals surface area (Å²) in [4.78, 5) is 0. The van der Waals surface area contributed by atoms with Crippen LogP contribution in [0.3, 0.4) is 0 Å². The second-order valence-electron chi connectivity index (χ2n) is 5.13. The standard InChI is InChI=1S/C16H25NO3/c1-3-17-11-14-4-5-15(16(10-14)18-2)20-12-13-6-8-19-9-7-13/h4-5,10,13,17H,3,6-9,11-12H2,1-2H3. The van der Waals surface area contributed by atoms with E-state index in [9.17, 15) is 0 Å². The lowest BCUT2D eigenvalue weighted by molar-refractivity contribution is 0.0493. The van der Waals surface area contributed by atoms with E-state index in [1.165, 1.54) is 5.56 Å². The van der Waals surface area contributed by atoms with Gasteiger partial charge in [0.15, 0.2) is 11.5 Å². The fourth-order valence-corrected chi connectivity index (χ4v) is 2.33. The molecule has 0 bridgehead atoms. The zero-order chi connectivity index (χ0) is 14.2.